The summed E-state index contributed by atoms with van der Waals surface area (Å²) in [5.74, 6) is -1.47. The highest BCUT2D eigenvalue weighted by molar-refractivity contribution is 6.08. The van der Waals surface area contributed by atoms with Gasteiger partial charge in [0.1, 0.15) is 6.61 Å². The number of carbonyl (C=O) groups is 3. The number of carbonyl (C=O) groups excluding carboxylic acids is 3. The molecule has 3 amide bonds. The molecule has 4 aliphatic rings. The molecule has 38 heavy (non-hydrogen) atoms. The maximum Gasteiger partial charge on any atom is 0.414 e. The number of benzene rings is 1. The monoisotopic (exact) mass is 527 g/mol. The number of amides is 3. The van der Waals surface area contributed by atoms with Crippen LogP contribution in [0.5, 0.6) is 0 Å². The lowest BCUT2D eigenvalue weighted by Gasteiger charge is -2.34. The van der Waals surface area contributed by atoms with Gasteiger partial charge >= 0.3 is 6.09 Å². The van der Waals surface area contributed by atoms with Crippen molar-refractivity contribution in [1.82, 2.24) is 4.90 Å². The summed E-state index contributed by atoms with van der Waals surface area (Å²) < 4.78 is 11.8. The van der Waals surface area contributed by atoms with Gasteiger partial charge in [-0.25, -0.2) is 4.79 Å². The zero-order valence-corrected chi connectivity index (χ0v) is 22.3. The van der Waals surface area contributed by atoms with Crippen LogP contribution in [0.15, 0.2) is 30.9 Å². The number of hydrogen-bond donors (Lipinski definition) is 2. The molecule has 0 bridgehead atoms. The number of aliphatic hydroxyl groups excluding tert-OH is 1. The molecule has 4 aliphatic heterocycles. The standard InChI is InChI=1S/C28H37N3O7/c1-5-10-31-21-9-8-18(30-12-13-37-26(30)35)14-20(21)28(25(31)34)17(2)24(27(3,4)36)22(38-28)15-23(33)29-11-6-7-19(29)16-32/h5,8-9,14,17,19,22,24,32,36H,1,6-7,10-13,15-16H2,2-4H3/t17-,19+,22+,24-,28+/m1/s1. The highest BCUT2D eigenvalue weighted by Gasteiger charge is 2.66. The minimum absolute atomic E-state index is 0.0144. The number of ether oxygens (including phenoxy) is 2. The van der Waals surface area contributed by atoms with Crippen molar-refractivity contribution >= 4 is 29.3 Å². The minimum Gasteiger partial charge on any atom is -0.447 e. The lowest BCUT2D eigenvalue weighted by Crippen LogP contribution is -2.46. The Bertz CT molecular complexity index is 1150. The van der Waals surface area contributed by atoms with Gasteiger partial charge in [0.05, 0.1) is 43.0 Å². The number of rotatable bonds is 7. The number of cyclic esters (lactones) is 1. The third-order valence-electron chi connectivity index (χ3n) is 8.64. The van der Waals surface area contributed by atoms with Gasteiger partial charge in [-0.2, -0.15) is 0 Å². The first-order valence-electron chi connectivity index (χ1n) is 13.4. The molecule has 3 saturated heterocycles. The molecule has 206 valence electrons. The molecule has 0 aliphatic carbocycles. The van der Waals surface area contributed by atoms with Crippen molar-refractivity contribution in [2.75, 3.05) is 42.6 Å². The van der Waals surface area contributed by atoms with Gasteiger partial charge in [-0.1, -0.05) is 13.0 Å². The van der Waals surface area contributed by atoms with Gasteiger partial charge in [-0.15, -0.1) is 6.58 Å². The first-order chi connectivity index (χ1) is 18.0. The van der Waals surface area contributed by atoms with Crippen molar-refractivity contribution in [3.8, 4) is 0 Å². The smallest absolute Gasteiger partial charge is 0.414 e. The van der Waals surface area contributed by atoms with Crippen LogP contribution >= 0.6 is 0 Å². The largest absolute Gasteiger partial charge is 0.447 e. The number of hydrogen-bond acceptors (Lipinski definition) is 7. The molecule has 1 aromatic rings. The van der Waals surface area contributed by atoms with E-state index < -0.39 is 35.2 Å². The predicted molar refractivity (Wildman–Crippen MR) is 140 cm³/mol. The predicted octanol–water partition coefficient (Wildman–Crippen LogP) is 2.17. The highest BCUT2D eigenvalue weighted by Crippen LogP contribution is 2.58. The lowest BCUT2D eigenvalue weighted by atomic mass is 9.70. The summed E-state index contributed by atoms with van der Waals surface area (Å²) in [6, 6.07) is 5.16. The van der Waals surface area contributed by atoms with Crippen molar-refractivity contribution in [2.24, 2.45) is 11.8 Å². The average Bonchev–Trinajstić information content (AvgIpc) is 3.62. The summed E-state index contributed by atoms with van der Waals surface area (Å²) in [7, 11) is 0. The van der Waals surface area contributed by atoms with E-state index in [1.54, 1.807) is 47.9 Å². The van der Waals surface area contributed by atoms with E-state index in [1.165, 1.54) is 4.90 Å². The van der Waals surface area contributed by atoms with Crippen molar-refractivity contribution in [3.63, 3.8) is 0 Å². The van der Waals surface area contributed by atoms with Crippen LogP contribution in [-0.4, -0.2) is 83.6 Å². The molecule has 1 spiro atoms. The second-order valence-electron chi connectivity index (χ2n) is 11.3. The number of aliphatic hydroxyl groups is 2. The van der Waals surface area contributed by atoms with Gasteiger partial charge < -0.3 is 29.5 Å². The van der Waals surface area contributed by atoms with Crippen LogP contribution in [0.4, 0.5) is 16.2 Å². The molecule has 0 saturated carbocycles. The number of likely N-dealkylation sites (tertiary alicyclic amines) is 1. The maximum absolute atomic E-state index is 14.2. The quantitative estimate of drug-likeness (QED) is 0.522. The van der Waals surface area contributed by atoms with Crippen molar-refractivity contribution < 1.29 is 34.1 Å². The van der Waals surface area contributed by atoms with Gasteiger partial charge in [0.15, 0.2) is 5.60 Å². The van der Waals surface area contributed by atoms with Crippen molar-refractivity contribution in [1.29, 1.82) is 0 Å². The summed E-state index contributed by atoms with van der Waals surface area (Å²) in [5.41, 5.74) is -0.851. The highest BCUT2D eigenvalue weighted by atomic mass is 16.6. The fourth-order valence-electron chi connectivity index (χ4n) is 7.01. The summed E-state index contributed by atoms with van der Waals surface area (Å²) in [4.78, 5) is 44.7. The Balaban J connectivity index is 1.57. The molecule has 3 fully saturated rings. The molecule has 1 aromatic carbocycles. The lowest BCUT2D eigenvalue weighted by molar-refractivity contribution is -0.150. The Kier molecular flexibility index (Phi) is 6.77. The van der Waals surface area contributed by atoms with Crippen LogP contribution < -0.4 is 9.80 Å². The SMILES string of the molecule is C=CCN1C(=O)[C@@]2(O[C@@H](CC(=O)N3CCC[C@H]3CO)[C@H](C(C)(C)O)[C@H]2C)c2cc(N3CCOC3=O)ccc21. The van der Waals surface area contributed by atoms with Gasteiger partial charge in [0.25, 0.3) is 5.91 Å². The van der Waals surface area contributed by atoms with E-state index in [0.717, 1.165) is 12.8 Å². The second kappa shape index (κ2) is 9.66. The Morgan fingerprint density at radius 1 is 1.29 bits per heavy atom. The van der Waals surface area contributed by atoms with E-state index >= 15 is 0 Å². The summed E-state index contributed by atoms with van der Waals surface area (Å²) in [6.45, 7) is 10.5. The minimum atomic E-state index is -1.45. The first kappa shape index (κ1) is 26.6. The Morgan fingerprint density at radius 3 is 2.68 bits per heavy atom. The molecule has 2 N–H and O–H groups in total. The Morgan fingerprint density at radius 2 is 2.05 bits per heavy atom. The molecular formula is C28H37N3O7. The van der Waals surface area contributed by atoms with Crippen molar-refractivity contribution in [3.05, 3.63) is 36.4 Å². The van der Waals surface area contributed by atoms with E-state index in [1.807, 2.05) is 6.92 Å². The van der Waals surface area contributed by atoms with Gasteiger partial charge in [0, 0.05) is 36.2 Å². The van der Waals surface area contributed by atoms with Gasteiger partial charge in [-0.05, 0) is 44.9 Å². The fourth-order valence-corrected chi connectivity index (χ4v) is 7.01. The first-order valence-corrected chi connectivity index (χ1v) is 13.4. The molecule has 4 heterocycles. The van der Waals surface area contributed by atoms with Crippen LogP contribution in [0.3, 0.4) is 0 Å². The number of nitrogens with zero attached hydrogens (tertiary/aromatic N) is 3. The van der Waals surface area contributed by atoms with E-state index in [2.05, 4.69) is 6.58 Å². The van der Waals surface area contributed by atoms with E-state index in [9.17, 15) is 24.6 Å². The Labute approximate surface area is 222 Å². The molecule has 10 heteroatoms. The van der Waals surface area contributed by atoms with Crippen LogP contribution in [0.25, 0.3) is 0 Å². The third kappa shape index (κ3) is 4.01. The zero-order valence-electron chi connectivity index (χ0n) is 22.3. The zero-order chi connectivity index (χ0) is 27.4. The van der Waals surface area contributed by atoms with Crippen molar-refractivity contribution in [2.45, 2.75) is 63.4 Å². The third-order valence-corrected chi connectivity index (χ3v) is 8.64. The molecule has 5 atom stereocenters. The average molecular weight is 528 g/mol. The summed E-state index contributed by atoms with van der Waals surface area (Å²) in [5, 5.41) is 21.0. The Hall–Kier alpha value is -2.95. The molecule has 0 radical (unpaired) electrons. The fraction of sp³-hybridized carbons (Fsp3) is 0.607. The van der Waals surface area contributed by atoms with Crippen LogP contribution in [0.2, 0.25) is 0 Å². The van der Waals surface area contributed by atoms with Gasteiger partial charge in [0.2, 0.25) is 5.91 Å². The van der Waals surface area contributed by atoms with E-state index in [-0.39, 0.29) is 44.0 Å². The van der Waals surface area contributed by atoms with E-state index in [4.69, 9.17) is 9.47 Å². The normalized spacial score (nSPS) is 30.9. The maximum atomic E-state index is 14.2. The molecule has 10 nitrogen and oxygen atoms in total. The summed E-state index contributed by atoms with van der Waals surface area (Å²) in [6.07, 6.45) is 2.00. The van der Waals surface area contributed by atoms with Crippen LogP contribution in [0, 0.1) is 11.8 Å². The molecular weight excluding hydrogens is 490 g/mol. The molecule has 0 unspecified atom stereocenters. The molecule has 0 aromatic heterocycles. The van der Waals surface area contributed by atoms with Crippen LogP contribution in [-0.2, 0) is 24.7 Å². The second-order valence-corrected chi connectivity index (χ2v) is 11.3. The van der Waals surface area contributed by atoms with E-state index in [0.29, 0.717) is 30.0 Å². The van der Waals surface area contributed by atoms with Gasteiger partial charge in [-0.3, -0.25) is 14.5 Å². The number of fused-ring (bicyclic) bond motifs is 2. The van der Waals surface area contributed by atoms with Crippen LogP contribution in [0.1, 0.15) is 45.6 Å². The summed E-state index contributed by atoms with van der Waals surface area (Å²) >= 11 is 0. The topological polar surface area (TPSA) is 120 Å². The molecule has 5 rings (SSSR count). The number of anilines is 2.